The van der Waals surface area contributed by atoms with Crippen LogP contribution in [-0.4, -0.2) is 21.9 Å². The largest absolute Gasteiger partial charge is 0.424 e. The molecule has 2 aromatic carbocycles. The van der Waals surface area contributed by atoms with Gasteiger partial charge in [0, 0.05) is 30.9 Å². The van der Waals surface area contributed by atoms with Gasteiger partial charge in [0.2, 0.25) is 5.91 Å². The molecule has 1 amide bonds. The average Bonchev–Trinajstić information content (AvgIpc) is 2.64. The van der Waals surface area contributed by atoms with Crippen LogP contribution in [0.25, 0.3) is 11.1 Å². The molecule has 3 rings (SSSR count). The van der Waals surface area contributed by atoms with E-state index in [2.05, 4.69) is 15.3 Å². The molecule has 1 heterocycles. The molecule has 0 saturated carbocycles. The van der Waals surface area contributed by atoms with Crippen LogP contribution in [-0.2, 0) is 11.2 Å². The summed E-state index contributed by atoms with van der Waals surface area (Å²) in [5.41, 5.74) is 2.99. The van der Waals surface area contributed by atoms with Crippen molar-refractivity contribution in [2.24, 2.45) is 0 Å². The van der Waals surface area contributed by atoms with E-state index >= 15 is 0 Å². The normalized spacial score (nSPS) is 11.7. The van der Waals surface area contributed by atoms with Gasteiger partial charge in [0.15, 0.2) is 0 Å². The van der Waals surface area contributed by atoms with Crippen molar-refractivity contribution in [2.45, 2.75) is 26.3 Å². The number of hydrogen-bond donors (Lipinski definition) is 1. The van der Waals surface area contributed by atoms with E-state index in [1.54, 1.807) is 12.4 Å². The van der Waals surface area contributed by atoms with Gasteiger partial charge < -0.3 is 10.1 Å². The van der Waals surface area contributed by atoms with E-state index in [1.807, 2.05) is 31.2 Å². The Hall–Kier alpha value is -3.28. The molecule has 0 radical (unpaired) electrons. The maximum Gasteiger partial charge on any atom is 0.321 e. The van der Waals surface area contributed by atoms with Gasteiger partial charge in [0.1, 0.15) is 11.6 Å². The lowest BCUT2D eigenvalue weighted by Crippen LogP contribution is -2.31. The van der Waals surface area contributed by atoms with Gasteiger partial charge in [-0.05, 0) is 48.7 Å². The van der Waals surface area contributed by atoms with Crippen molar-refractivity contribution in [1.82, 2.24) is 15.3 Å². The minimum absolute atomic E-state index is 0.0285. The molecule has 0 aliphatic rings. The first-order valence-corrected chi connectivity index (χ1v) is 8.61. The Kier molecular flexibility index (Phi) is 5.76. The number of carbonyl (C=O) groups excluding carboxylic acids is 1. The van der Waals surface area contributed by atoms with Gasteiger partial charge in [0.05, 0.1) is 0 Å². The summed E-state index contributed by atoms with van der Waals surface area (Å²) in [5, 5.41) is 2.87. The highest BCUT2D eigenvalue weighted by molar-refractivity contribution is 5.73. The minimum Gasteiger partial charge on any atom is -0.424 e. The first-order valence-electron chi connectivity index (χ1n) is 8.61. The molecule has 3 aromatic rings. The molecular weight excluding hydrogens is 345 g/mol. The molecule has 6 heteroatoms. The lowest BCUT2D eigenvalue weighted by Gasteiger charge is -2.12. The average molecular weight is 365 g/mol. The zero-order valence-electron chi connectivity index (χ0n) is 15.1. The van der Waals surface area contributed by atoms with Crippen molar-refractivity contribution in [3.8, 4) is 22.9 Å². The summed E-state index contributed by atoms with van der Waals surface area (Å²) in [5.74, 6) is 0.120. The lowest BCUT2D eigenvalue weighted by molar-refractivity contribution is -0.119. The monoisotopic (exact) mass is 365 g/mol. The van der Waals surface area contributed by atoms with Gasteiger partial charge in [-0.2, -0.15) is 0 Å². The first-order chi connectivity index (χ1) is 13.0. The Morgan fingerprint density at radius 1 is 1.04 bits per heavy atom. The van der Waals surface area contributed by atoms with E-state index in [9.17, 15) is 9.18 Å². The van der Waals surface area contributed by atoms with Crippen LogP contribution in [0.4, 0.5) is 4.39 Å². The van der Waals surface area contributed by atoms with E-state index in [0.29, 0.717) is 5.75 Å². The number of aromatic nitrogens is 2. The molecule has 138 valence electrons. The summed E-state index contributed by atoms with van der Waals surface area (Å²) < 4.78 is 18.4. The third-order valence-corrected chi connectivity index (χ3v) is 3.93. The number of rotatable bonds is 6. The molecule has 0 fully saturated rings. The standard InChI is InChI=1S/C21H20FN3O2/c1-14(25-15(2)26)11-16-3-5-17(6-4-16)18-12-23-21(24-13-18)27-20-9-7-19(22)8-10-20/h3-10,12-14H,11H2,1-2H3,(H,25,26). The van der Waals surface area contributed by atoms with Crippen molar-refractivity contribution in [3.63, 3.8) is 0 Å². The maximum absolute atomic E-state index is 12.9. The molecule has 0 bridgehead atoms. The van der Waals surface area contributed by atoms with Crippen LogP contribution in [0.3, 0.4) is 0 Å². The van der Waals surface area contributed by atoms with Crippen LogP contribution in [0.15, 0.2) is 60.9 Å². The molecule has 5 nitrogen and oxygen atoms in total. The van der Waals surface area contributed by atoms with Crippen LogP contribution >= 0.6 is 0 Å². The fraction of sp³-hybridized carbons (Fsp3) is 0.190. The van der Waals surface area contributed by atoms with Crippen LogP contribution in [0, 0.1) is 5.82 Å². The van der Waals surface area contributed by atoms with Crippen molar-refractivity contribution in [1.29, 1.82) is 0 Å². The number of nitrogens with one attached hydrogen (secondary N) is 1. The Morgan fingerprint density at radius 2 is 1.67 bits per heavy atom. The lowest BCUT2D eigenvalue weighted by atomic mass is 10.0. The Bertz CT molecular complexity index is 894. The van der Waals surface area contributed by atoms with Gasteiger partial charge in [-0.1, -0.05) is 24.3 Å². The smallest absolute Gasteiger partial charge is 0.321 e. The highest BCUT2D eigenvalue weighted by Gasteiger charge is 2.06. The van der Waals surface area contributed by atoms with Crippen molar-refractivity contribution in [2.75, 3.05) is 0 Å². The van der Waals surface area contributed by atoms with Crippen molar-refractivity contribution in [3.05, 3.63) is 72.3 Å². The number of halogens is 1. The van der Waals surface area contributed by atoms with E-state index in [0.717, 1.165) is 23.1 Å². The quantitative estimate of drug-likeness (QED) is 0.713. The summed E-state index contributed by atoms with van der Waals surface area (Å²) in [6.45, 7) is 3.49. The van der Waals surface area contributed by atoms with Gasteiger partial charge in [0.25, 0.3) is 0 Å². The summed E-state index contributed by atoms with van der Waals surface area (Å²) in [6, 6.07) is 14.0. The highest BCUT2D eigenvalue weighted by atomic mass is 19.1. The number of ether oxygens (including phenoxy) is 1. The third kappa shape index (κ3) is 5.34. The zero-order valence-corrected chi connectivity index (χ0v) is 15.1. The molecule has 0 aliphatic heterocycles. The van der Waals surface area contributed by atoms with Crippen molar-refractivity contribution < 1.29 is 13.9 Å². The molecule has 1 atom stereocenters. The predicted molar refractivity (Wildman–Crippen MR) is 101 cm³/mol. The second kappa shape index (κ2) is 8.40. The van der Waals surface area contributed by atoms with E-state index in [-0.39, 0.29) is 23.8 Å². The molecule has 1 unspecified atom stereocenters. The van der Waals surface area contributed by atoms with Gasteiger partial charge in [-0.25, -0.2) is 14.4 Å². The molecule has 1 aromatic heterocycles. The second-order valence-electron chi connectivity index (χ2n) is 6.31. The van der Waals surface area contributed by atoms with Crippen LogP contribution in [0.2, 0.25) is 0 Å². The Morgan fingerprint density at radius 3 is 2.26 bits per heavy atom. The number of hydrogen-bond acceptors (Lipinski definition) is 4. The fourth-order valence-electron chi connectivity index (χ4n) is 2.71. The van der Waals surface area contributed by atoms with Crippen LogP contribution < -0.4 is 10.1 Å². The SMILES string of the molecule is CC(=O)NC(C)Cc1ccc(-c2cnc(Oc3ccc(F)cc3)nc2)cc1. The van der Waals surface area contributed by atoms with Gasteiger partial charge in [-0.15, -0.1) is 0 Å². The number of nitrogens with zero attached hydrogens (tertiary/aromatic N) is 2. The van der Waals surface area contributed by atoms with Gasteiger partial charge in [-0.3, -0.25) is 4.79 Å². The summed E-state index contributed by atoms with van der Waals surface area (Å²) in [4.78, 5) is 19.5. The third-order valence-electron chi connectivity index (χ3n) is 3.93. The molecule has 1 N–H and O–H groups in total. The number of carbonyl (C=O) groups is 1. The fourth-order valence-corrected chi connectivity index (χ4v) is 2.71. The van der Waals surface area contributed by atoms with E-state index < -0.39 is 0 Å². The van der Waals surface area contributed by atoms with Crippen LogP contribution in [0.5, 0.6) is 11.8 Å². The molecule has 0 spiro atoms. The Balaban J connectivity index is 1.64. The van der Waals surface area contributed by atoms with Gasteiger partial charge >= 0.3 is 6.01 Å². The van der Waals surface area contributed by atoms with E-state index in [4.69, 9.17) is 4.74 Å². The summed E-state index contributed by atoms with van der Waals surface area (Å²) in [6.07, 6.45) is 4.13. The second-order valence-corrected chi connectivity index (χ2v) is 6.31. The number of amides is 1. The molecular formula is C21H20FN3O2. The summed E-state index contributed by atoms with van der Waals surface area (Å²) in [7, 11) is 0. The summed E-state index contributed by atoms with van der Waals surface area (Å²) >= 11 is 0. The zero-order chi connectivity index (χ0) is 19.2. The topological polar surface area (TPSA) is 64.1 Å². The molecule has 0 saturated heterocycles. The minimum atomic E-state index is -0.325. The maximum atomic E-state index is 12.9. The Labute approximate surface area is 157 Å². The van der Waals surface area contributed by atoms with Crippen molar-refractivity contribution >= 4 is 5.91 Å². The molecule has 0 aliphatic carbocycles. The highest BCUT2D eigenvalue weighted by Crippen LogP contribution is 2.22. The predicted octanol–water partition coefficient (Wildman–Crippen LogP) is 4.14. The number of benzene rings is 2. The first kappa shape index (κ1) is 18.5. The molecule has 27 heavy (non-hydrogen) atoms. The van der Waals surface area contributed by atoms with Crippen LogP contribution in [0.1, 0.15) is 19.4 Å². The van der Waals surface area contributed by atoms with E-state index in [1.165, 1.54) is 31.2 Å².